The Balaban J connectivity index is 3.20. The normalized spacial score (nSPS) is 9.93. The van der Waals surface area contributed by atoms with Crippen LogP contribution in [0.2, 0.25) is 0 Å². The van der Waals surface area contributed by atoms with Gasteiger partial charge in [0.15, 0.2) is 11.6 Å². The summed E-state index contributed by atoms with van der Waals surface area (Å²) >= 11 is 0. The van der Waals surface area contributed by atoms with Crippen LogP contribution in [0.25, 0.3) is 0 Å². The van der Waals surface area contributed by atoms with Crippen LogP contribution >= 0.6 is 0 Å². The maximum Gasteiger partial charge on any atom is 0.188 e. The van der Waals surface area contributed by atoms with Crippen molar-refractivity contribution in [2.24, 2.45) is 0 Å². The first-order valence-corrected chi connectivity index (χ1v) is 4.31. The van der Waals surface area contributed by atoms with E-state index in [1.165, 1.54) is 13.0 Å². The Morgan fingerprint density at radius 3 is 2.29 bits per heavy atom. The van der Waals surface area contributed by atoms with Crippen molar-refractivity contribution in [3.63, 3.8) is 0 Å². The quantitative estimate of drug-likeness (QED) is 0.736. The van der Waals surface area contributed by atoms with Crippen LogP contribution in [0.5, 0.6) is 0 Å². The summed E-state index contributed by atoms with van der Waals surface area (Å²) in [5.41, 5.74) is 1.73. The molecule has 0 heterocycles. The lowest BCUT2D eigenvalue weighted by Crippen LogP contribution is -2.06. The van der Waals surface area contributed by atoms with Crippen molar-refractivity contribution in [3.05, 3.63) is 34.9 Å². The highest BCUT2D eigenvalue weighted by atomic mass is 16.3. The molecule has 1 aromatic rings. The molecule has 0 saturated carbocycles. The van der Waals surface area contributed by atoms with Gasteiger partial charge < -0.3 is 5.11 Å². The number of hydrogen-bond donors (Lipinski definition) is 1. The number of aryl methyl sites for hydroxylation is 1. The summed E-state index contributed by atoms with van der Waals surface area (Å²) in [5, 5.41) is 8.67. The number of carbonyl (C=O) groups is 2. The number of ketones is 2. The zero-order chi connectivity index (χ0) is 10.7. The van der Waals surface area contributed by atoms with Gasteiger partial charge in [0.2, 0.25) is 0 Å². The van der Waals surface area contributed by atoms with E-state index < -0.39 is 6.61 Å². The van der Waals surface area contributed by atoms with E-state index >= 15 is 0 Å². The molecule has 0 aliphatic carbocycles. The van der Waals surface area contributed by atoms with Crippen molar-refractivity contribution < 1.29 is 14.7 Å². The predicted molar refractivity (Wildman–Crippen MR) is 52.6 cm³/mol. The van der Waals surface area contributed by atoms with Gasteiger partial charge in [-0.1, -0.05) is 0 Å². The Morgan fingerprint density at radius 2 is 1.79 bits per heavy atom. The minimum Gasteiger partial charge on any atom is -0.388 e. The summed E-state index contributed by atoms with van der Waals surface area (Å²) in [6.45, 7) is 2.73. The fourth-order valence-electron chi connectivity index (χ4n) is 1.24. The molecular formula is C11H12O3. The van der Waals surface area contributed by atoms with Gasteiger partial charge in [-0.2, -0.15) is 0 Å². The average molecular weight is 192 g/mol. The molecule has 0 bridgehead atoms. The van der Waals surface area contributed by atoms with Crippen LogP contribution in [0.4, 0.5) is 0 Å². The Hall–Kier alpha value is -1.48. The predicted octanol–water partition coefficient (Wildman–Crippen LogP) is 1.37. The van der Waals surface area contributed by atoms with Gasteiger partial charge >= 0.3 is 0 Å². The molecule has 0 aromatic heterocycles. The van der Waals surface area contributed by atoms with Gasteiger partial charge in [-0.05, 0) is 37.6 Å². The number of benzene rings is 1. The molecule has 0 amide bonds. The summed E-state index contributed by atoms with van der Waals surface area (Å²) in [4.78, 5) is 22.3. The van der Waals surface area contributed by atoms with Crippen LogP contribution in [-0.4, -0.2) is 23.3 Å². The minimum absolute atomic E-state index is 0.0827. The zero-order valence-electron chi connectivity index (χ0n) is 8.20. The molecule has 14 heavy (non-hydrogen) atoms. The van der Waals surface area contributed by atoms with Gasteiger partial charge in [0.25, 0.3) is 0 Å². The number of aliphatic hydroxyl groups is 1. The lowest BCUT2D eigenvalue weighted by molar-refractivity contribution is 0.0903. The van der Waals surface area contributed by atoms with Crippen LogP contribution < -0.4 is 0 Å². The first-order valence-electron chi connectivity index (χ1n) is 4.31. The van der Waals surface area contributed by atoms with Gasteiger partial charge in [-0.15, -0.1) is 0 Å². The second kappa shape index (κ2) is 4.15. The third kappa shape index (κ3) is 2.26. The van der Waals surface area contributed by atoms with E-state index in [1.54, 1.807) is 19.1 Å². The van der Waals surface area contributed by atoms with E-state index in [1.807, 2.05) is 0 Å². The largest absolute Gasteiger partial charge is 0.388 e. The second-order valence-electron chi connectivity index (χ2n) is 3.23. The van der Waals surface area contributed by atoms with E-state index in [-0.39, 0.29) is 11.6 Å². The van der Waals surface area contributed by atoms with Crippen LogP contribution in [-0.2, 0) is 0 Å². The summed E-state index contributed by atoms with van der Waals surface area (Å²) in [6.07, 6.45) is 0. The van der Waals surface area contributed by atoms with Gasteiger partial charge in [0.05, 0.1) is 0 Å². The first-order chi connectivity index (χ1) is 6.54. The molecule has 3 heteroatoms. The smallest absolute Gasteiger partial charge is 0.188 e. The Bertz CT molecular complexity index is 380. The van der Waals surface area contributed by atoms with Crippen LogP contribution in [0.1, 0.15) is 33.2 Å². The fourth-order valence-corrected chi connectivity index (χ4v) is 1.24. The molecule has 0 aliphatic rings. The number of aliphatic hydroxyl groups excluding tert-OH is 1. The fraction of sp³-hybridized carbons (Fsp3) is 0.273. The highest BCUT2D eigenvalue weighted by Crippen LogP contribution is 2.10. The third-order valence-electron chi connectivity index (χ3n) is 1.95. The van der Waals surface area contributed by atoms with E-state index in [2.05, 4.69) is 0 Å². The third-order valence-corrected chi connectivity index (χ3v) is 1.95. The lowest BCUT2D eigenvalue weighted by atomic mass is 10.0. The molecule has 1 N–H and O–H groups in total. The molecule has 3 nitrogen and oxygen atoms in total. The van der Waals surface area contributed by atoms with Gasteiger partial charge in [-0.3, -0.25) is 9.59 Å². The number of Topliss-reactive ketones (excluding diaryl/α,β-unsaturated/α-hetero) is 2. The maximum absolute atomic E-state index is 11.2. The standard InChI is InChI=1S/C11H12O3/c1-7-3-9(8(2)13)5-10(4-7)11(14)6-12/h3-5,12H,6H2,1-2H3. The Morgan fingerprint density at radius 1 is 1.21 bits per heavy atom. The molecule has 0 aliphatic heterocycles. The van der Waals surface area contributed by atoms with Crippen LogP contribution in [0, 0.1) is 6.92 Å². The molecule has 0 saturated heterocycles. The molecule has 0 fully saturated rings. The average Bonchev–Trinajstić information content (AvgIpc) is 2.15. The number of rotatable bonds is 3. The molecule has 0 unspecified atom stereocenters. The van der Waals surface area contributed by atoms with Crippen molar-refractivity contribution in [1.29, 1.82) is 0 Å². The van der Waals surface area contributed by atoms with E-state index in [4.69, 9.17) is 5.11 Å². The SMILES string of the molecule is CC(=O)c1cc(C)cc(C(=O)CO)c1. The highest BCUT2D eigenvalue weighted by molar-refractivity contribution is 6.01. The topological polar surface area (TPSA) is 54.4 Å². The van der Waals surface area contributed by atoms with Gasteiger partial charge in [0.1, 0.15) is 6.61 Å². The molecular weight excluding hydrogens is 180 g/mol. The number of carbonyl (C=O) groups excluding carboxylic acids is 2. The zero-order valence-corrected chi connectivity index (χ0v) is 8.20. The molecule has 1 rings (SSSR count). The molecule has 0 spiro atoms. The van der Waals surface area contributed by atoms with E-state index in [9.17, 15) is 9.59 Å². The van der Waals surface area contributed by atoms with Crippen molar-refractivity contribution in [2.75, 3.05) is 6.61 Å². The monoisotopic (exact) mass is 192 g/mol. The first kappa shape index (κ1) is 10.6. The Kier molecular flexibility index (Phi) is 3.14. The highest BCUT2D eigenvalue weighted by Gasteiger charge is 2.08. The van der Waals surface area contributed by atoms with Crippen LogP contribution in [0.15, 0.2) is 18.2 Å². The van der Waals surface area contributed by atoms with Gasteiger partial charge in [0, 0.05) is 11.1 Å². The van der Waals surface area contributed by atoms with E-state index in [0.29, 0.717) is 11.1 Å². The molecule has 1 aromatic carbocycles. The Labute approximate surface area is 82.4 Å². The molecule has 74 valence electrons. The molecule has 0 atom stereocenters. The molecule has 0 radical (unpaired) electrons. The van der Waals surface area contributed by atoms with Crippen LogP contribution in [0.3, 0.4) is 0 Å². The summed E-state index contributed by atoms with van der Waals surface area (Å²) in [5.74, 6) is -0.447. The summed E-state index contributed by atoms with van der Waals surface area (Å²) < 4.78 is 0. The van der Waals surface area contributed by atoms with Gasteiger partial charge in [-0.25, -0.2) is 0 Å². The maximum atomic E-state index is 11.2. The lowest BCUT2D eigenvalue weighted by Gasteiger charge is -2.02. The summed E-state index contributed by atoms with van der Waals surface area (Å²) in [7, 11) is 0. The van der Waals surface area contributed by atoms with Crippen molar-refractivity contribution >= 4 is 11.6 Å². The summed E-state index contributed by atoms with van der Waals surface area (Å²) in [6, 6.07) is 4.88. The second-order valence-corrected chi connectivity index (χ2v) is 3.23. The van der Waals surface area contributed by atoms with Crippen molar-refractivity contribution in [1.82, 2.24) is 0 Å². The van der Waals surface area contributed by atoms with Crippen molar-refractivity contribution in [2.45, 2.75) is 13.8 Å². The van der Waals surface area contributed by atoms with E-state index in [0.717, 1.165) is 5.56 Å². The number of hydrogen-bond acceptors (Lipinski definition) is 3. The minimum atomic E-state index is -0.527. The van der Waals surface area contributed by atoms with Crippen molar-refractivity contribution in [3.8, 4) is 0 Å².